The third kappa shape index (κ3) is 7.03. The molecule has 9 nitrogen and oxygen atoms in total. The normalized spacial score (nSPS) is 15.2. The summed E-state index contributed by atoms with van der Waals surface area (Å²) in [6.45, 7) is -0.663. The minimum Gasteiger partial charge on any atom is -0.394 e. The van der Waals surface area contributed by atoms with Gasteiger partial charge in [0.1, 0.15) is 17.9 Å². The van der Waals surface area contributed by atoms with Gasteiger partial charge < -0.3 is 26.8 Å². The third-order valence-electron chi connectivity index (χ3n) is 1.52. The number of hydrogen-bond acceptors (Lipinski definition) is 7. The molecule has 0 aliphatic heterocycles. The second-order valence-corrected chi connectivity index (χ2v) is 3.82. The van der Waals surface area contributed by atoms with E-state index in [1.54, 1.807) is 0 Å². The van der Waals surface area contributed by atoms with E-state index in [0.717, 1.165) is 6.21 Å². The van der Waals surface area contributed by atoms with Crippen molar-refractivity contribution in [3.8, 4) is 0 Å². The molecule has 9 N–H and O–H groups in total. The highest BCUT2D eigenvalue weighted by Gasteiger charge is 2.20. The summed E-state index contributed by atoms with van der Waals surface area (Å²) in [6, 6.07) is 0. The van der Waals surface area contributed by atoms with Crippen LogP contribution in [0.5, 0.6) is 0 Å². The molecule has 0 saturated heterocycles. The molecule has 11 heteroatoms. The Morgan fingerprint density at radius 2 is 1.78 bits per heavy atom. The van der Waals surface area contributed by atoms with Crippen LogP contribution in [0.4, 0.5) is 0 Å². The maximum atomic E-state index is 9.61. The Kier molecular flexibility index (Phi) is 7.98. The number of thiocarbonyl (C=S) groups is 2. The van der Waals surface area contributed by atoms with E-state index in [-0.39, 0.29) is 15.9 Å². The molecule has 102 valence electrons. The first kappa shape index (κ1) is 16.6. The summed E-state index contributed by atoms with van der Waals surface area (Å²) in [5.41, 5.74) is 14.6. The number of nitrogens with one attached hydrogen (secondary N) is 2. The van der Waals surface area contributed by atoms with E-state index in [2.05, 4.69) is 45.5 Å². The van der Waals surface area contributed by atoms with Crippen LogP contribution in [0.25, 0.3) is 0 Å². The summed E-state index contributed by atoms with van der Waals surface area (Å²) < 4.78 is 0. The van der Waals surface area contributed by atoms with Gasteiger partial charge in [-0.2, -0.15) is 10.2 Å². The fraction of sp³-hybridized carbons (Fsp3) is 0.429. The molecule has 0 radical (unpaired) electrons. The number of nitrogens with two attached hydrogens (primary N) is 2. The molecule has 0 aromatic rings. The molecule has 0 aliphatic rings. The summed E-state index contributed by atoms with van der Waals surface area (Å²) in [5.74, 6) is 0. The van der Waals surface area contributed by atoms with E-state index < -0.39 is 18.8 Å². The first-order valence-electron chi connectivity index (χ1n) is 4.57. The van der Waals surface area contributed by atoms with Gasteiger partial charge in [0.15, 0.2) is 10.2 Å². The largest absolute Gasteiger partial charge is 0.394 e. The Morgan fingerprint density at radius 1 is 1.22 bits per heavy atom. The summed E-state index contributed by atoms with van der Waals surface area (Å²) in [5, 5.41) is 34.5. The number of aliphatic hydroxyl groups is 3. The number of rotatable bonds is 6. The van der Waals surface area contributed by atoms with Crippen LogP contribution in [-0.2, 0) is 0 Å². The van der Waals surface area contributed by atoms with Crippen molar-refractivity contribution in [2.24, 2.45) is 21.7 Å². The van der Waals surface area contributed by atoms with Crippen LogP contribution in [0.15, 0.2) is 10.2 Å². The second kappa shape index (κ2) is 8.66. The van der Waals surface area contributed by atoms with Crippen LogP contribution in [0.2, 0.25) is 0 Å². The van der Waals surface area contributed by atoms with E-state index in [9.17, 15) is 10.2 Å². The predicted molar refractivity (Wildman–Crippen MR) is 74.9 cm³/mol. The van der Waals surface area contributed by atoms with Crippen LogP contribution in [-0.4, -0.2) is 56.3 Å². The zero-order valence-electron chi connectivity index (χ0n) is 9.15. The Bertz CT molecular complexity index is 361. The lowest BCUT2D eigenvalue weighted by molar-refractivity contribution is 0.0191. The van der Waals surface area contributed by atoms with Gasteiger partial charge in [-0.15, -0.1) is 0 Å². The van der Waals surface area contributed by atoms with E-state index in [4.69, 9.17) is 16.6 Å². The lowest BCUT2D eigenvalue weighted by atomic mass is 10.1. The summed E-state index contributed by atoms with van der Waals surface area (Å²) in [7, 11) is 0. The highest BCUT2D eigenvalue weighted by Crippen LogP contribution is 1.95. The van der Waals surface area contributed by atoms with Crippen LogP contribution in [0, 0.1) is 0 Å². The monoisotopic (exact) mass is 294 g/mol. The Balaban J connectivity index is 4.81. The second-order valence-electron chi connectivity index (χ2n) is 2.94. The molecule has 0 unspecified atom stereocenters. The van der Waals surface area contributed by atoms with E-state index in [1.807, 2.05) is 0 Å². The van der Waals surface area contributed by atoms with Crippen molar-refractivity contribution in [3.05, 3.63) is 0 Å². The fourth-order valence-electron chi connectivity index (χ4n) is 0.750. The van der Waals surface area contributed by atoms with Crippen LogP contribution in [0.1, 0.15) is 0 Å². The molecule has 0 saturated carbocycles. The Morgan fingerprint density at radius 3 is 2.22 bits per heavy atom. The molecule has 0 aliphatic carbocycles. The molecule has 0 rings (SSSR count). The highest BCUT2D eigenvalue weighted by atomic mass is 32.1. The lowest BCUT2D eigenvalue weighted by Crippen LogP contribution is -2.39. The van der Waals surface area contributed by atoms with Gasteiger partial charge in [0.05, 0.1) is 12.8 Å². The average Bonchev–Trinajstić information content (AvgIpc) is 2.30. The molecule has 0 aromatic carbocycles. The molecular formula is C7H14N6O3S2. The quantitative estimate of drug-likeness (QED) is 0.151. The van der Waals surface area contributed by atoms with Crippen molar-refractivity contribution in [2.45, 2.75) is 12.2 Å². The fourth-order valence-corrected chi connectivity index (χ4v) is 0.848. The topological polar surface area (TPSA) is 162 Å². The molecule has 0 heterocycles. The van der Waals surface area contributed by atoms with Gasteiger partial charge in [0.25, 0.3) is 0 Å². The Labute approximate surface area is 114 Å². The first-order chi connectivity index (χ1) is 8.38. The smallest absolute Gasteiger partial charge is 0.184 e. The van der Waals surface area contributed by atoms with Crippen LogP contribution >= 0.6 is 24.4 Å². The number of aliphatic hydroxyl groups excluding tert-OH is 3. The van der Waals surface area contributed by atoms with Crippen molar-refractivity contribution in [3.63, 3.8) is 0 Å². The minimum absolute atomic E-state index is 0.0925. The average molecular weight is 294 g/mol. The lowest BCUT2D eigenvalue weighted by Gasteiger charge is -2.15. The van der Waals surface area contributed by atoms with Crippen molar-refractivity contribution in [2.75, 3.05) is 6.61 Å². The Hall–Kier alpha value is -1.40. The van der Waals surface area contributed by atoms with Crippen molar-refractivity contribution in [1.29, 1.82) is 0 Å². The highest BCUT2D eigenvalue weighted by molar-refractivity contribution is 7.80. The maximum absolute atomic E-state index is 9.61. The minimum atomic E-state index is -1.49. The van der Waals surface area contributed by atoms with E-state index >= 15 is 0 Å². The molecule has 0 amide bonds. The molecule has 0 aromatic heterocycles. The molecule has 0 fully saturated rings. The van der Waals surface area contributed by atoms with Gasteiger partial charge in [-0.25, -0.2) is 0 Å². The zero-order chi connectivity index (χ0) is 14.1. The molecule has 2 atom stereocenters. The predicted octanol–water partition coefficient (Wildman–Crippen LogP) is -3.29. The van der Waals surface area contributed by atoms with Gasteiger partial charge in [-0.1, -0.05) is 0 Å². The van der Waals surface area contributed by atoms with Gasteiger partial charge >= 0.3 is 0 Å². The molecule has 18 heavy (non-hydrogen) atoms. The molecule has 0 bridgehead atoms. The van der Waals surface area contributed by atoms with Crippen molar-refractivity contribution in [1.82, 2.24) is 10.9 Å². The summed E-state index contributed by atoms with van der Waals surface area (Å²) >= 11 is 9.01. The van der Waals surface area contributed by atoms with E-state index in [0.29, 0.717) is 0 Å². The number of nitrogens with zero attached hydrogens (tertiary/aromatic N) is 2. The number of hydrogen-bond donors (Lipinski definition) is 7. The van der Waals surface area contributed by atoms with Gasteiger partial charge in [-0.05, 0) is 24.4 Å². The zero-order valence-corrected chi connectivity index (χ0v) is 10.8. The van der Waals surface area contributed by atoms with E-state index in [1.165, 1.54) is 0 Å². The summed E-state index contributed by atoms with van der Waals surface area (Å²) in [6.07, 6.45) is -1.89. The van der Waals surface area contributed by atoms with Crippen molar-refractivity contribution >= 4 is 46.6 Å². The maximum Gasteiger partial charge on any atom is 0.184 e. The van der Waals surface area contributed by atoms with Crippen LogP contribution in [0.3, 0.4) is 0 Å². The van der Waals surface area contributed by atoms with Gasteiger partial charge in [0.2, 0.25) is 0 Å². The standard InChI is InChI=1S/C7H14N6O3S2/c8-6(17)12-10-1-3(11-13-7(9)18)5(16)4(15)2-14/h1,4-5,14-16H,2H2,(H3,8,12,17)(H3,9,13,18)/t4-,5-/m1/s1. The number of hydrazone groups is 2. The third-order valence-corrected chi connectivity index (χ3v) is 1.70. The van der Waals surface area contributed by atoms with Gasteiger partial charge in [0, 0.05) is 0 Å². The molecule has 0 spiro atoms. The van der Waals surface area contributed by atoms with Crippen LogP contribution < -0.4 is 22.3 Å². The SMILES string of the molecule is NC(=S)NN=CC(=NNC(N)=S)[C@@H](O)[C@H](O)CO. The molecular weight excluding hydrogens is 280 g/mol. The first-order valence-corrected chi connectivity index (χ1v) is 5.38. The summed E-state index contributed by atoms with van der Waals surface area (Å²) in [4.78, 5) is 0. The van der Waals surface area contributed by atoms with Crippen molar-refractivity contribution < 1.29 is 15.3 Å². The van der Waals surface area contributed by atoms with Gasteiger partial charge in [-0.3, -0.25) is 10.9 Å².